The summed E-state index contributed by atoms with van der Waals surface area (Å²) < 4.78 is 0. The predicted octanol–water partition coefficient (Wildman–Crippen LogP) is 0.764. The van der Waals surface area contributed by atoms with Gasteiger partial charge in [-0.3, -0.25) is 9.59 Å². The molecule has 2 atom stereocenters. The maximum Gasteiger partial charge on any atom is 0.307 e. The van der Waals surface area contributed by atoms with Crippen molar-refractivity contribution in [1.29, 1.82) is 0 Å². The Bertz CT molecular complexity index is 325. The first-order valence-electron chi connectivity index (χ1n) is 6.76. The molecule has 2 rings (SSSR count). The van der Waals surface area contributed by atoms with Gasteiger partial charge in [0, 0.05) is 6.54 Å². The van der Waals surface area contributed by atoms with Gasteiger partial charge in [-0.25, -0.2) is 0 Å². The molecule has 0 bridgehead atoms. The second-order valence-electron chi connectivity index (χ2n) is 5.57. The molecular formula is C13H21NO4. The Hall–Kier alpha value is -1.10. The van der Waals surface area contributed by atoms with E-state index in [1.807, 2.05) is 0 Å². The number of carboxylic acids is 1. The monoisotopic (exact) mass is 255 g/mol. The summed E-state index contributed by atoms with van der Waals surface area (Å²) in [7, 11) is 0. The Kier molecular flexibility index (Phi) is 4.22. The summed E-state index contributed by atoms with van der Waals surface area (Å²) in [6, 6.07) is 0. The van der Waals surface area contributed by atoms with Crippen molar-refractivity contribution in [3.05, 3.63) is 0 Å². The van der Waals surface area contributed by atoms with Crippen molar-refractivity contribution in [2.45, 2.75) is 44.6 Å². The topological polar surface area (TPSA) is 86.6 Å². The minimum Gasteiger partial charge on any atom is -0.481 e. The molecule has 0 unspecified atom stereocenters. The lowest BCUT2D eigenvalue weighted by Gasteiger charge is -2.33. The Labute approximate surface area is 107 Å². The van der Waals surface area contributed by atoms with Crippen LogP contribution in [0, 0.1) is 17.8 Å². The van der Waals surface area contributed by atoms with Crippen molar-refractivity contribution in [3.63, 3.8) is 0 Å². The molecular weight excluding hydrogens is 234 g/mol. The lowest BCUT2D eigenvalue weighted by atomic mass is 9.78. The van der Waals surface area contributed by atoms with Crippen molar-refractivity contribution in [1.82, 2.24) is 5.32 Å². The van der Waals surface area contributed by atoms with Crippen molar-refractivity contribution in [2.24, 2.45) is 17.8 Å². The first kappa shape index (κ1) is 13.3. The SMILES string of the molecule is O=C(O)[C@H]1CCCC[C@H]1C(=O)NCC1CC(O)C1. The van der Waals surface area contributed by atoms with Gasteiger partial charge in [-0.2, -0.15) is 0 Å². The van der Waals surface area contributed by atoms with Gasteiger partial charge < -0.3 is 15.5 Å². The highest BCUT2D eigenvalue weighted by Crippen LogP contribution is 2.31. The van der Waals surface area contributed by atoms with Gasteiger partial charge in [-0.05, 0) is 31.6 Å². The number of nitrogens with one attached hydrogen (secondary N) is 1. The molecule has 2 fully saturated rings. The van der Waals surface area contributed by atoms with Crippen molar-refractivity contribution >= 4 is 11.9 Å². The van der Waals surface area contributed by atoms with E-state index in [0.717, 1.165) is 25.7 Å². The molecule has 102 valence electrons. The number of aliphatic hydroxyl groups is 1. The zero-order valence-corrected chi connectivity index (χ0v) is 10.5. The van der Waals surface area contributed by atoms with Gasteiger partial charge >= 0.3 is 5.97 Å². The number of rotatable bonds is 4. The normalized spacial score (nSPS) is 35.6. The Balaban J connectivity index is 1.80. The van der Waals surface area contributed by atoms with E-state index in [2.05, 4.69) is 5.32 Å². The summed E-state index contributed by atoms with van der Waals surface area (Å²) in [5.41, 5.74) is 0. The van der Waals surface area contributed by atoms with Crippen molar-refractivity contribution < 1.29 is 19.8 Å². The van der Waals surface area contributed by atoms with E-state index < -0.39 is 11.9 Å². The van der Waals surface area contributed by atoms with Crippen LogP contribution in [-0.2, 0) is 9.59 Å². The lowest BCUT2D eigenvalue weighted by Crippen LogP contribution is -2.44. The van der Waals surface area contributed by atoms with Crippen LogP contribution < -0.4 is 5.32 Å². The van der Waals surface area contributed by atoms with Crippen LogP contribution in [0.25, 0.3) is 0 Å². The molecule has 3 N–H and O–H groups in total. The number of aliphatic carboxylic acids is 1. The molecule has 0 aromatic heterocycles. The fraction of sp³-hybridized carbons (Fsp3) is 0.846. The van der Waals surface area contributed by atoms with E-state index in [0.29, 0.717) is 25.3 Å². The lowest BCUT2D eigenvalue weighted by molar-refractivity contribution is -0.149. The second-order valence-corrected chi connectivity index (χ2v) is 5.57. The maximum atomic E-state index is 12.0. The van der Waals surface area contributed by atoms with Gasteiger partial charge in [0.25, 0.3) is 0 Å². The predicted molar refractivity (Wildman–Crippen MR) is 64.8 cm³/mol. The molecule has 0 spiro atoms. The van der Waals surface area contributed by atoms with E-state index in [1.54, 1.807) is 0 Å². The number of amides is 1. The summed E-state index contributed by atoms with van der Waals surface area (Å²) >= 11 is 0. The van der Waals surface area contributed by atoms with Gasteiger partial charge in [0.15, 0.2) is 0 Å². The molecule has 1 amide bonds. The number of hydrogen-bond donors (Lipinski definition) is 3. The Morgan fingerprint density at radius 1 is 1.11 bits per heavy atom. The number of carbonyl (C=O) groups is 2. The number of carboxylic acid groups (broad SMARTS) is 1. The first-order chi connectivity index (χ1) is 8.58. The summed E-state index contributed by atoms with van der Waals surface area (Å²) in [4.78, 5) is 23.1. The van der Waals surface area contributed by atoms with Crippen LogP contribution in [0.2, 0.25) is 0 Å². The van der Waals surface area contributed by atoms with Crippen LogP contribution in [0.3, 0.4) is 0 Å². The van der Waals surface area contributed by atoms with E-state index in [-0.39, 0.29) is 17.9 Å². The molecule has 0 radical (unpaired) electrons. The van der Waals surface area contributed by atoms with Gasteiger partial charge in [-0.1, -0.05) is 12.8 Å². The van der Waals surface area contributed by atoms with Crippen molar-refractivity contribution in [3.8, 4) is 0 Å². The third kappa shape index (κ3) is 3.02. The average molecular weight is 255 g/mol. The minimum atomic E-state index is -0.853. The number of hydrogen-bond acceptors (Lipinski definition) is 3. The molecule has 18 heavy (non-hydrogen) atoms. The Morgan fingerprint density at radius 3 is 2.28 bits per heavy atom. The third-order valence-corrected chi connectivity index (χ3v) is 4.20. The highest BCUT2D eigenvalue weighted by Gasteiger charge is 2.36. The molecule has 5 nitrogen and oxygen atoms in total. The van der Waals surface area contributed by atoms with Crippen LogP contribution in [0.15, 0.2) is 0 Å². The van der Waals surface area contributed by atoms with Gasteiger partial charge in [0.05, 0.1) is 17.9 Å². The molecule has 2 aliphatic carbocycles. The fourth-order valence-corrected chi connectivity index (χ4v) is 2.98. The molecule has 0 aromatic carbocycles. The van der Waals surface area contributed by atoms with Crippen LogP contribution in [-0.4, -0.2) is 34.7 Å². The largest absolute Gasteiger partial charge is 0.481 e. The van der Waals surface area contributed by atoms with E-state index in [4.69, 9.17) is 10.2 Å². The average Bonchev–Trinajstić information content (AvgIpc) is 2.32. The summed E-state index contributed by atoms with van der Waals surface area (Å²) in [6.07, 6.45) is 4.39. The first-order valence-corrected chi connectivity index (χ1v) is 6.76. The van der Waals surface area contributed by atoms with Crippen molar-refractivity contribution in [2.75, 3.05) is 6.54 Å². The molecule has 0 saturated heterocycles. The smallest absolute Gasteiger partial charge is 0.307 e. The standard InChI is InChI=1S/C13H21NO4/c15-9-5-8(6-9)7-14-12(16)10-3-1-2-4-11(10)13(17)18/h8-11,15H,1-7H2,(H,14,16)(H,17,18)/t8?,9?,10-,11+/m1/s1. The van der Waals surface area contributed by atoms with Gasteiger partial charge in [0.2, 0.25) is 5.91 Å². The highest BCUT2D eigenvalue weighted by molar-refractivity contribution is 5.84. The molecule has 0 heterocycles. The zero-order chi connectivity index (χ0) is 13.1. The molecule has 0 aliphatic heterocycles. The van der Waals surface area contributed by atoms with E-state index in [9.17, 15) is 9.59 Å². The molecule has 2 saturated carbocycles. The summed E-state index contributed by atoms with van der Waals surface area (Å²) in [6.45, 7) is 0.568. The molecule has 2 aliphatic rings. The van der Waals surface area contributed by atoms with Crippen LogP contribution in [0.1, 0.15) is 38.5 Å². The maximum absolute atomic E-state index is 12.0. The van der Waals surface area contributed by atoms with Gasteiger partial charge in [0.1, 0.15) is 0 Å². The van der Waals surface area contributed by atoms with Crippen LogP contribution in [0.4, 0.5) is 0 Å². The second kappa shape index (κ2) is 5.69. The third-order valence-electron chi connectivity index (χ3n) is 4.20. The number of aliphatic hydroxyl groups excluding tert-OH is 1. The van der Waals surface area contributed by atoms with Crippen LogP contribution in [0.5, 0.6) is 0 Å². The van der Waals surface area contributed by atoms with Crippen LogP contribution >= 0.6 is 0 Å². The Morgan fingerprint density at radius 2 is 1.72 bits per heavy atom. The van der Waals surface area contributed by atoms with E-state index in [1.165, 1.54) is 0 Å². The number of carbonyl (C=O) groups excluding carboxylic acids is 1. The van der Waals surface area contributed by atoms with Gasteiger partial charge in [-0.15, -0.1) is 0 Å². The molecule has 0 aromatic rings. The highest BCUT2D eigenvalue weighted by atomic mass is 16.4. The molecule has 5 heteroatoms. The fourth-order valence-electron chi connectivity index (χ4n) is 2.98. The summed E-state index contributed by atoms with van der Waals surface area (Å²) in [5.74, 6) is -1.51. The quantitative estimate of drug-likeness (QED) is 0.692. The summed E-state index contributed by atoms with van der Waals surface area (Å²) in [5, 5.41) is 21.1. The van der Waals surface area contributed by atoms with E-state index >= 15 is 0 Å². The minimum absolute atomic E-state index is 0.122. The zero-order valence-electron chi connectivity index (χ0n) is 10.5.